The molecule has 0 aliphatic carbocycles. The molecular weight excluding hydrogens is 295 g/mol. The quantitative estimate of drug-likeness (QED) is 0.922. The highest BCUT2D eigenvalue weighted by Crippen LogP contribution is 2.26. The summed E-state index contributed by atoms with van der Waals surface area (Å²) in [6.45, 7) is 3.49. The summed E-state index contributed by atoms with van der Waals surface area (Å²) < 4.78 is 0. The molecule has 0 radical (unpaired) electrons. The van der Waals surface area contributed by atoms with Crippen LogP contribution in [0, 0.1) is 0 Å². The number of nitrogens with zero attached hydrogens (tertiary/aromatic N) is 1. The smallest absolute Gasteiger partial charge is 0.242 e. The summed E-state index contributed by atoms with van der Waals surface area (Å²) in [5, 5.41) is 4.56. The molecule has 1 heterocycles. The molecule has 1 unspecified atom stereocenters. The molecule has 110 valence electrons. The van der Waals surface area contributed by atoms with Crippen molar-refractivity contribution in [2.75, 3.05) is 13.6 Å². The molecule has 1 aliphatic rings. The molecule has 1 atom stereocenters. The predicted molar refractivity (Wildman–Crippen MR) is 83.2 cm³/mol. The fourth-order valence-electron chi connectivity index (χ4n) is 2.86. The fraction of sp³-hybridized carbons (Fsp3) is 0.533. The molecule has 1 amide bonds. The van der Waals surface area contributed by atoms with Crippen LogP contribution in [0.3, 0.4) is 0 Å². The molecule has 1 fully saturated rings. The van der Waals surface area contributed by atoms with Gasteiger partial charge in [0.15, 0.2) is 0 Å². The van der Waals surface area contributed by atoms with Gasteiger partial charge in [-0.2, -0.15) is 0 Å². The van der Waals surface area contributed by atoms with E-state index in [0.29, 0.717) is 16.6 Å². The molecular formula is C15H20Cl2N2O. The third kappa shape index (κ3) is 3.27. The Morgan fingerprint density at radius 3 is 2.50 bits per heavy atom. The molecule has 0 aromatic heterocycles. The second kappa shape index (κ2) is 6.33. The van der Waals surface area contributed by atoms with Gasteiger partial charge in [-0.15, -0.1) is 0 Å². The molecule has 1 saturated heterocycles. The number of halogens is 2. The standard InChI is InChI=1S/C15H20Cl2N2O/c1-3-15(5-4-6-18-15)14(20)19(2)10-11-7-12(16)9-13(17)8-11/h7-9,18H,3-6,10H2,1-2H3. The molecule has 5 heteroatoms. The van der Waals surface area contributed by atoms with Crippen molar-refractivity contribution in [1.29, 1.82) is 0 Å². The Kier molecular flexibility index (Phi) is 4.95. The highest BCUT2D eigenvalue weighted by Gasteiger charge is 2.40. The second-order valence-electron chi connectivity index (χ2n) is 5.40. The van der Waals surface area contributed by atoms with Gasteiger partial charge < -0.3 is 10.2 Å². The summed E-state index contributed by atoms with van der Waals surface area (Å²) >= 11 is 12.0. The first-order valence-corrected chi connectivity index (χ1v) is 7.68. The van der Waals surface area contributed by atoms with Crippen LogP contribution in [0.5, 0.6) is 0 Å². The van der Waals surface area contributed by atoms with Crippen LogP contribution >= 0.6 is 23.2 Å². The number of hydrogen-bond donors (Lipinski definition) is 1. The molecule has 3 nitrogen and oxygen atoms in total. The number of carbonyl (C=O) groups excluding carboxylic acids is 1. The van der Waals surface area contributed by atoms with Crippen molar-refractivity contribution in [3.63, 3.8) is 0 Å². The van der Waals surface area contributed by atoms with Gasteiger partial charge in [-0.1, -0.05) is 30.1 Å². The van der Waals surface area contributed by atoms with Crippen molar-refractivity contribution >= 4 is 29.1 Å². The summed E-state index contributed by atoms with van der Waals surface area (Å²) in [5.41, 5.74) is 0.555. The number of carbonyl (C=O) groups is 1. The Morgan fingerprint density at radius 1 is 1.35 bits per heavy atom. The Bertz CT molecular complexity index is 478. The molecule has 1 N–H and O–H groups in total. The molecule has 1 aliphatic heterocycles. The number of rotatable bonds is 4. The van der Waals surface area contributed by atoms with Gasteiger partial charge in [-0.25, -0.2) is 0 Å². The number of amides is 1. The van der Waals surface area contributed by atoms with Crippen molar-refractivity contribution in [3.05, 3.63) is 33.8 Å². The van der Waals surface area contributed by atoms with E-state index in [0.717, 1.165) is 31.4 Å². The van der Waals surface area contributed by atoms with E-state index in [2.05, 4.69) is 12.2 Å². The number of hydrogen-bond acceptors (Lipinski definition) is 2. The predicted octanol–water partition coefficient (Wildman–Crippen LogP) is 3.48. The fourth-order valence-corrected chi connectivity index (χ4v) is 3.43. The first kappa shape index (κ1) is 15.6. The van der Waals surface area contributed by atoms with Gasteiger partial charge in [0.1, 0.15) is 0 Å². The Balaban J connectivity index is 2.11. The van der Waals surface area contributed by atoms with Crippen molar-refractivity contribution in [2.24, 2.45) is 0 Å². The Hall–Kier alpha value is -0.770. The lowest BCUT2D eigenvalue weighted by atomic mass is 9.92. The molecule has 0 bridgehead atoms. The van der Waals surface area contributed by atoms with Crippen LogP contribution in [0.1, 0.15) is 31.7 Å². The molecule has 1 aromatic rings. The SMILES string of the molecule is CCC1(C(=O)N(C)Cc2cc(Cl)cc(Cl)c2)CCCN1. The number of benzene rings is 1. The Labute approximate surface area is 130 Å². The lowest BCUT2D eigenvalue weighted by molar-refractivity contribution is -0.137. The van der Waals surface area contributed by atoms with Crippen LogP contribution in [0.2, 0.25) is 10.0 Å². The first-order chi connectivity index (χ1) is 9.47. The van der Waals surface area contributed by atoms with Crippen molar-refractivity contribution < 1.29 is 4.79 Å². The lowest BCUT2D eigenvalue weighted by Gasteiger charge is -2.32. The molecule has 2 rings (SSSR count). The van der Waals surface area contributed by atoms with E-state index in [4.69, 9.17) is 23.2 Å². The maximum Gasteiger partial charge on any atom is 0.242 e. The van der Waals surface area contributed by atoms with E-state index in [-0.39, 0.29) is 5.91 Å². The maximum absolute atomic E-state index is 12.7. The first-order valence-electron chi connectivity index (χ1n) is 6.92. The average molecular weight is 315 g/mol. The minimum atomic E-state index is -0.392. The van der Waals surface area contributed by atoms with Crippen molar-refractivity contribution in [3.8, 4) is 0 Å². The average Bonchev–Trinajstić information content (AvgIpc) is 2.86. The maximum atomic E-state index is 12.7. The van der Waals surface area contributed by atoms with E-state index < -0.39 is 5.54 Å². The summed E-state index contributed by atoms with van der Waals surface area (Å²) in [6.07, 6.45) is 2.77. The van der Waals surface area contributed by atoms with E-state index >= 15 is 0 Å². The molecule has 0 saturated carbocycles. The van der Waals surface area contributed by atoms with E-state index in [1.165, 1.54) is 0 Å². The van der Waals surface area contributed by atoms with Crippen LogP contribution in [0.15, 0.2) is 18.2 Å². The van der Waals surface area contributed by atoms with Crippen LogP contribution < -0.4 is 5.32 Å². The van der Waals surface area contributed by atoms with Crippen LogP contribution in [-0.2, 0) is 11.3 Å². The highest BCUT2D eigenvalue weighted by atomic mass is 35.5. The highest BCUT2D eigenvalue weighted by molar-refractivity contribution is 6.34. The zero-order valence-electron chi connectivity index (χ0n) is 11.9. The third-order valence-corrected chi connectivity index (χ3v) is 4.38. The van der Waals surface area contributed by atoms with E-state index in [1.807, 2.05) is 19.2 Å². The van der Waals surface area contributed by atoms with Gasteiger partial charge >= 0.3 is 0 Å². The van der Waals surface area contributed by atoms with E-state index in [9.17, 15) is 4.79 Å². The normalized spacial score (nSPS) is 22.0. The monoisotopic (exact) mass is 314 g/mol. The topological polar surface area (TPSA) is 32.3 Å². The van der Waals surface area contributed by atoms with Gasteiger partial charge in [0.2, 0.25) is 5.91 Å². The van der Waals surface area contributed by atoms with Crippen LogP contribution in [0.4, 0.5) is 0 Å². The molecule has 20 heavy (non-hydrogen) atoms. The van der Waals surface area contributed by atoms with Crippen molar-refractivity contribution in [1.82, 2.24) is 10.2 Å². The molecule has 0 spiro atoms. The number of likely N-dealkylation sites (N-methyl/N-ethyl adjacent to an activating group) is 1. The van der Waals surface area contributed by atoms with E-state index in [1.54, 1.807) is 11.0 Å². The summed E-state index contributed by atoms with van der Waals surface area (Å²) in [5.74, 6) is 0.147. The number of nitrogens with one attached hydrogen (secondary N) is 1. The largest absolute Gasteiger partial charge is 0.340 e. The summed E-state index contributed by atoms with van der Waals surface area (Å²) in [6, 6.07) is 5.39. The van der Waals surface area contributed by atoms with Crippen LogP contribution in [-0.4, -0.2) is 29.9 Å². The van der Waals surface area contributed by atoms with Gasteiger partial charge in [0, 0.05) is 23.6 Å². The summed E-state index contributed by atoms with van der Waals surface area (Å²) in [7, 11) is 1.83. The zero-order chi connectivity index (χ0) is 14.8. The van der Waals surface area contributed by atoms with Gasteiger partial charge in [0.05, 0.1) is 5.54 Å². The minimum Gasteiger partial charge on any atom is -0.340 e. The zero-order valence-corrected chi connectivity index (χ0v) is 13.4. The lowest BCUT2D eigenvalue weighted by Crippen LogP contribution is -2.53. The van der Waals surface area contributed by atoms with Crippen molar-refractivity contribution in [2.45, 2.75) is 38.3 Å². The van der Waals surface area contributed by atoms with Gasteiger partial charge in [0.25, 0.3) is 0 Å². The second-order valence-corrected chi connectivity index (χ2v) is 6.28. The molecule has 1 aromatic carbocycles. The summed E-state index contributed by atoms with van der Waals surface area (Å²) in [4.78, 5) is 14.4. The van der Waals surface area contributed by atoms with Crippen LogP contribution in [0.25, 0.3) is 0 Å². The van der Waals surface area contributed by atoms with Gasteiger partial charge in [-0.05, 0) is 49.6 Å². The van der Waals surface area contributed by atoms with Gasteiger partial charge in [-0.3, -0.25) is 4.79 Å². The third-order valence-electron chi connectivity index (χ3n) is 3.95. The Morgan fingerprint density at radius 2 is 2.00 bits per heavy atom. The minimum absolute atomic E-state index is 0.147.